The van der Waals surface area contributed by atoms with Crippen LogP contribution >= 0.6 is 11.3 Å². The molecule has 6 heteroatoms. The molecule has 2 aromatic carbocycles. The highest BCUT2D eigenvalue weighted by Crippen LogP contribution is 2.28. The van der Waals surface area contributed by atoms with Gasteiger partial charge in [0, 0.05) is 6.54 Å². The third kappa shape index (κ3) is 6.62. The third-order valence-electron chi connectivity index (χ3n) is 4.47. The summed E-state index contributed by atoms with van der Waals surface area (Å²) in [5, 5.41) is 5.04. The Morgan fingerprint density at radius 3 is 2.59 bits per heavy atom. The van der Waals surface area contributed by atoms with E-state index in [1.54, 1.807) is 18.4 Å². The van der Waals surface area contributed by atoms with Crippen LogP contribution in [0.5, 0.6) is 11.5 Å². The van der Waals surface area contributed by atoms with Gasteiger partial charge in [0.1, 0.15) is 13.2 Å². The zero-order valence-electron chi connectivity index (χ0n) is 16.8. The molecule has 0 saturated heterocycles. The molecule has 1 amide bonds. The Morgan fingerprint density at radius 1 is 1.03 bits per heavy atom. The lowest BCUT2D eigenvalue weighted by molar-refractivity contribution is -0.885. The van der Waals surface area contributed by atoms with E-state index in [1.165, 1.54) is 4.88 Å². The topological polar surface area (TPSA) is 52.0 Å². The Bertz CT molecular complexity index is 898. The summed E-state index contributed by atoms with van der Waals surface area (Å²) in [6.07, 6.45) is 0. The number of hydrogen-bond acceptors (Lipinski definition) is 4. The molecule has 5 nitrogen and oxygen atoms in total. The van der Waals surface area contributed by atoms with Crippen LogP contribution in [0.15, 0.2) is 66.0 Å². The van der Waals surface area contributed by atoms with Crippen molar-refractivity contribution in [3.05, 3.63) is 82.0 Å². The lowest BCUT2D eigenvalue weighted by Gasteiger charge is -2.14. The maximum absolute atomic E-state index is 12.3. The molecule has 1 heterocycles. The van der Waals surface area contributed by atoms with E-state index < -0.39 is 0 Å². The van der Waals surface area contributed by atoms with Crippen LogP contribution in [0.4, 0.5) is 0 Å². The van der Waals surface area contributed by atoms with E-state index in [9.17, 15) is 4.79 Å². The first kappa shape index (κ1) is 20.9. The maximum Gasteiger partial charge on any atom is 0.275 e. The maximum atomic E-state index is 12.3. The number of quaternary nitrogens is 1. The number of carbonyl (C=O) groups excluding carboxylic acids is 1. The number of methoxy groups -OCH3 is 1. The second-order valence-corrected chi connectivity index (χ2v) is 7.96. The van der Waals surface area contributed by atoms with Gasteiger partial charge in [-0.3, -0.25) is 4.79 Å². The minimum absolute atomic E-state index is 0.0300. The van der Waals surface area contributed by atoms with Crippen molar-refractivity contribution in [3.63, 3.8) is 0 Å². The summed E-state index contributed by atoms with van der Waals surface area (Å²) in [5.41, 5.74) is 2.07. The van der Waals surface area contributed by atoms with Crippen molar-refractivity contribution in [2.75, 3.05) is 20.7 Å². The quantitative estimate of drug-likeness (QED) is 0.539. The van der Waals surface area contributed by atoms with Gasteiger partial charge in [0.05, 0.1) is 19.0 Å². The van der Waals surface area contributed by atoms with E-state index in [1.807, 2.05) is 61.6 Å². The molecule has 0 spiro atoms. The van der Waals surface area contributed by atoms with Gasteiger partial charge in [-0.1, -0.05) is 42.5 Å². The van der Waals surface area contributed by atoms with Crippen LogP contribution in [0, 0.1) is 0 Å². The molecule has 0 aliphatic carbocycles. The number of carbonyl (C=O) groups is 1. The van der Waals surface area contributed by atoms with Crippen molar-refractivity contribution in [3.8, 4) is 11.5 Å². The van der Waals surface area contributed by atoms with E-state index in [2.05, 4.69) is 16.8 Å². The second kappa shape index (κ2) is 10.6. The number of nitrogens with one attached hydrogen (secondary N) is 2. The fourth-order valence-electron chi connectivity index (χ4n) is 2.99. The summed E-state index contributed by atoms with van der Waals surface area (Å²) in [7, 11) is 3.65. The van der Waals surface area contributed by atoms with E-state index in [0.717, 1.165) is 22.6 Å². The van der Waals surface area contributed by atoms with Crippen LogP contribution in [-0.2, 0) is 24.5 Å². The van der Waals surface area contributed by atoms with Crippen molar-refractivity contribution >= 4 is 17.2 Å². The molecule has 1 unspecified atom stereocenters. The zero-order valence-corrected chi connectivity index (χ0v) is 17.6. The zero-order chi connectivity index (χ0) is 20.5. The van der Waals surface area contributed by atoms with Crippen LogP contribution in [0.2, 0.25) is 0 Å². The SMILES string of the molecule is COc1cc(CNC(=O)C[NH+](C)Cc2cccs2)ccc1OCc1ccccc1. The first-order valence-electron chi connectivity index (χ1n) is 9.58. The molecule has 0 radical (unpaired) electrons. The molecule has 1 aromatic heterocycles. The highest BCUT2D eigenvalue weighted by atomic mass is 32.1. The Hall–Kier alpha value is -2.83. The molecule has 1 atom stereocenters. The second-order valence-electron chi connectivity index (χ2n) is 6.93. The third-order valence-corrected chi connectivity index (χ3v) is 5.35. The highest BCUT2D eigenvalue weighted by molar-refractivity contribution is 7.09. The van der Waals surface area contributed by atoms with Gasteiger partial charge in [-0.05, 0) is 34.7 Å². The molecule has 0 aliphatic heterocycles. The number of benzene rings is 2. The van der Waals surface area contributed by atoms with Crippen LogP contribution in [0.3, 0.4) is 0 Å². The van der Waals surface area contributed by atoms with Gasteiger partial charge in [-0.2, -0.15) is 0 Å². The van der Waals surface area contributed by atoms with Gasteiger partial charge in [-0.15, -0.1) is 11.3 Å². The molecule has 3 rings (SSSR count). The summed E-state index contributed by atoms with van der Waals surface area (Å²) < 4.78 is 11.3. The Balaban J connectivity index is 1.49. The average Bonchev–Trinajstić information content (AvgIpc) is 3.24. The van der Waals surface area contributed by atoms with Gasteiger partial charge in [0.25, 0.3) is 5.91 Å². The molecule has 0 bridgehead atoms. The number of thiophene rings is 1. The highest BCUT2D eigenvalue weighted by Gasteiger charge is 2.12. The molecule has 0 fully saturated rings. The summed E-state index contributed by atoms with van der Waals surface area (Å²) in [5.74, 6) is 1.38. The van der Waals surface area contributed by atoms with E-state index in [0.29, 0.717) is 31.2 Å². The largest absolute Gasteiger partial charge is 0.493 e. The van der Waals surface area contributed by atoms with Gasteiger partial charge in [0.15, 0.2) is 18.0 Å². The smallest absolute Gasteiger partial charge is 0.275 e. The normalized spacial score (nSPS) is 11.7. The predicted molar refractivity (Wildman–Crippen MR) is 115 cm³/mol. The molecule has 29 heavy (non-hydrogen) atoms. The number of likely N-dealkylation sites (N-methyl/N-ethyl adjacent to an activating group) is 1. The fourth-order valence-corrected chi connectivity index (χ4v) is 3.81. The molecular formula is C23H27N2O3S+. The minimum atomic E-state index is 0.0300. The lowest BCUT2D eigenvalue weighted by Crippen LogP contribution is -3.08. The number of hydrogen-bond donors (Lipinski definition) is 2. The van der Waals surface area contributed by atoms with Crippen molar-refractivity contribution < 1.29 is 19.2 Å². The van der Waals surface area contributed by atoms with Gasteiger partial charge < -0.3 is 19.7 Å². The predicted octanol–water partition coefficient (Wildman–Crippen LogP) is 2.67. The van der Waals surface area contributed by atoms with Gasteiger partial charge in [0.2, 0.25) is 0 Å². The van der Waals surface area contributed by atoms with Crippen LogP contribution in [0.25, 0.3) is 0 Å². The van der Waals surface area contributed by atoms with E-state index in [4.69, 9.17) is 9.47 Å². The minimum Gasteiger partial charge on any atom is -0.493 e. The van der Waals surface area contributed by atoms with Crippen LogP contribution in [-0.4, -0.2) is 26.6 Å². The first-order valence-corrected chi connectivity index (χ1v) is 10.5. The summed E-state index contributed by atoms with van der Waals surface area (Å²) >= 11 is 1.72. The average molecular weight is 412 g/mol. The molecule has 152 valence electrons. The monoisotopic (exact) mass is 411 g/mol. The van der Waals surface area contributed by atoms with Gasteiger partial charge >= 0.3 is 0 Å². The van der Waals surface area contributed by atoms with Crippen molar-refractivity contribution in [1.29, 1.82) is 0 Å². The van der Waals surface area contributed by atoms with Crippen molar-refractivity contribution in [1.82, 2.24) is 5.32 Å². The Morgan fingerprint density at radius 2 is 1.86 bits per heavy atom. The molecule has 0 aliphatic rings. The number of amides is 1. The van der Waals surface area contributed by atoms with Crippen LogP contribution < -0.4 is 19.7 Å². The molecule has 2 N–H and O–H groups in total. The molecule has 0 saturated carbocycles. The molecule has 3 aromatic rings. The van der Waals surface area contributed by atoms with Gasteiger partial charge in [-0.25, -0.2) is 0 Å². The summed E-state index contributed by atoms with van der Waals surface area (Å²) in [6.45, 7) is 2.23. The van der Waals surface area contributed by atoms with E-state index >= 15 is 0 Å². The Kier molecular flexibility index (Phi) is 7.67. The summed E-state index contributed by atoms with van der Waals surface area (Å²) in [6, 6.07) is 19.9. The molecular weight excluding hydrogens is 384 g/mol. The first-order chi connectivity index (χ1) is 14.1. The standard InChI is InChI=1S/C23H26N2O3S/c1-25(15-20-9-6-12-29-20)16-23(26)24-14-19-10-11-21(22(13-19)27-2)28-17-18-7-4-3-5-8-18/h3-13H,14-17H2,1-2H3,(H,24,26)/p+1. The van der Waals surface area contributed by atoms with Crippen LogP contribution in [0.1, 0.15) is 16.0 Å². The van der Waals surface area contributed by atoms with Crippen molar-refractivity contribution in [2.24, 2.45) is 0 Å². The Labute approximate surface area is 175 Å². The van der Waals surface area contributed by atoms with Crippen molar-refractivity contribution in [2.45, 2.75) is 19.7 Å². The summed E-state index contributed by atoms with van der Waals surface area (Å²) in [4.78, 5) is 14.7. The lowest BCUT2D eigenvalue weighted by atomic mass is 10.2. The van der Waals surface area contributed by atoms with E-state index in [-0.39, 0.29) is 5.91 Å². The number of rotatable bonds is 10. The fraction of sp³-hybridized carbons (Fsp3) is 0.261. The number of ether oxygens (including phenoxy) is 2.